The fraction of sp³-hybridized carbons (Fsp3) is 0. The van der Waals surface area contributed by atoms with Crippen molar-refractivity contribution in [3.05, 3.63) is 0 Å². The molecule has 0 aromatic rings. The van der Waals surface area contributed by atoms with Crippen molar-refractivity contribution in [2.24, 2.45) is 0 Å². The molecule has 0 aromatic heterocycles. The molecule has 0 bridgehead atoms. The summed E-state index contributed by atoms with van der Waals surface area (Å²) >= 11 is 0. The first-order valence-corrected chi connectivity index (χ1v) is 2.68. The van der Waals surface area contributed by atoms with Gasteiger partial charge in [0.2, 0.25) is 0 Å². The molecule has 0 atom stereocenters. The summed E-state index contributed by atoms with van der Waals surface area (Å²) in [5.41, 5.74) is 0. The molecular weight excluding hydrogens is 236 g/mol. The summed E-state index contributed by atoms with van der Waals surface area (Å²) in [6, 6.07) is 0. The highest BCUT2D eigenvalue weighted by Gasteiger charge is 2.22. The van der Waals surface area contributed by atoms with Crippen LogP contribution in [0.4, 0.5) is 0 Å². The van der Waals surface area contributed by atoms with Gasteiger partial charge in [0.05, 0.1) is 0 Å². The van der Waals surface area contributed by atoms with Crippen LogP contribution in [0.2, 0.25) is 0 Å². The zero-order valence-electron chi connectivity index (χ0n) is 6.79. The Bertz CT molecular complexity index is 20.7. The lowest BCUT2D eigenvalue weighted by Gasteiger charge is -1.91. The van der Waals surface area contributed by atoms with E-state index in [2.05, 4.69) is 0 Å². The number of rotatable bonds is 0. The van der Waals surface area contributed by atoms with E-state index in [1.54, 1.807) is 0 Å². The normalized spacial score (nSPS) is 4.29. The van der Waals surface area contributed by atoms with Crippen molar-refractivity contribution in [2.45, 2.75) is 0 Å². The van der Waals surface area contributed by atoms with Crippen molar-refractivity contribution >= 4 is 9.05 Å². The maximum absolute atomic E-state index is 7.33. The molecule has 0 spiro atoms. The topological polar surface area (TPSA) is 364 Å². The summed E-state index contributed by atoms with van der Waals surface area (Å²) in [5, 5.41) is 0. The number of hydrogen-bond donors (Lipinski definition) is 4. The average molecular weight is 258 g/mol. The van der Waals surface area contributed by atoms with Gasteiger partial charge in [-0.1, -0.05) is 0 Å². The van der Waals surface area contributed by atoms with E-state index in [1.165, 1.54) is 0 Å². The summed E-state index contributed by atoms with van der Waals surface area (Å²) < 4.78 is 0. The molecule has 0 aromatic carbocycles. The van der Waals surface area contributed by atoms with Gasteiger partial charge in [-0.2, -0.15) is 0 Å². The first kappa shape index (κ1) is 162. The molecule has 0 rings (SSSR count). The molecule has 14 heavy (non-hydrogen) atoms. The molecule has 13 nitrogen and oxygen atoms in total. The van der Waals surface area contributed by atoms with Crippen LogP contribution in [0.25, 0.3) is 0 Å². The van der Waals surface area contributed by atoms with Crippen LogP contribution in [0.3, 0.4) is 0 Å². The van der Waals surface area contributed by atoms with E-state index in [4.69, 9.17) is 19.2 Å². The highest BCUT2D eigenvalue weighted by molar-refractivity contribution is 6.46. The first-order chi connectivity index (χ1) is 2.00. The lowest BCUT2D eigenvalue weighted by atomic mass is 15.7. The summed E-state index contributed by atoms with van der Waals surface area (Å²) in [5.74, 6) is 0. The van der Waals surface area contributed by atoms with E-state index in [9.17, 15) is 0 Å². The van der Waals surface area contributed by atoms with E-state index in [-0.39, 0.29) is 49.3 Å². The molecule has 0 amide bonds. The minimum absolute atomic E-state index is 0. The molecule has 0 unspecified atom stereocenters. The van der Waals surface area contributed by atoms with Gasteiger partial charge in [0.15, 0.2) is 0 Å². The van der Waals surface area contributed by atoms with Crippen LogP contribution in [0.1, 0.15) is 0 Å². The van der Waals surface area contributed by atoms with Crippen LogP contribution in [-0.2, 0) is 0 Å². The van der Waals surface area contributed by atoms with E-state index in [0.717, 1.165) is 0 Å². The van der Waals surface area contributed by atoms with E-state index in [1.807, 2.05) is 0 Å². The fourth-order valence-electron chi connectivity index (χ4n) is 0. The average Bonchev–Trinajstić information content (AvgIpc) is 0.722. The van der Waals surface area contributed by atoms with Crippen molar-refractivity contribution in [3.63, 3.8) is 0 Å². The van der Waals surface area contributed by atoms with Crippen molar-refractivity contribution in [1.29, 1.82) is 0 Å². The Balaban J connectivity index is -0.00000000222. The van der Waals surface area contributed by atoms with Crippen molar-refractivity contribution < 1.29 is 68.5 Å². The summed E-state index contributed by atoms with van der Waals surface area (Å²) in [4.78, 5) is 29.3. The Hall–Kier alpha value is -0.303. The molecule has 0 saturated carbocycles. The molecule has 22 N–H and O–H groups in total. The minimum atomic E-state index is -4.61. The Morgan fingerprint density at radius 3 is 0.357 bits per heavy atom. The maximum atomic E-state index is 7.33. The van der Waals surface area contributed by atoms with Gasteiger partial charge in [-0.3, -0.25) is 0 Å². The predicted molar refractivity (Wildman–Crippen MR) is 47.2 cm³/mol. The second-order valence-corrected chi connectivity index (χ2v) is 1.80. The minimum Gasteiger partial charge on any atom is -0.412 e. The molecule has 0 heterocycles. The number of hydrogen-bond acceptors (Lipinski definition) is 4. The van der Waals surface area contributed by atoms with E-state index < -0.39 is 9.05 Å². The van der Waals surface area contributed by atoms with E-state index >= 15 is 0 Å². The van der Waals surface area contributed by atoms with Crippen LogP contribution in [0, 0.1) is 0 Å². The Kier molecular flexibility index (Phi) is 618. The lowest BCUT2D eigenvalue weighted by molar-refractivity contribution is 0.117. The van der Waals surface area contributed by atoms with Crippen LogP contribution >= 0.6 is 0 Å². The smallest absolute Gasteiger partial charge is 0.412 e. The van der Waals surface area contributed by atoms with Gasteiger partial charge in [0.1, 0.15) is 0 Å². The monoisotopic (exact) mass is 258 g/mol. The van der Waals surface area contributed by atoms with Gasteiger partial charge >= 0.3 is 9.05 Å². The summed E-state index contributed by atoms with van der Waals surface area (Å²) in [6.45, 7) is 0. The Morgan fingerprint density at radius 1 is 0.357 bits per heavy atom. The van der Waals surface area contributed by atoms with Gasteiger partial charge in [0, 0.05) is 0 Å². The molecule has 0 aliphatic heterocycles. The van der Waals surface area contributed by atoms with Crippen LogP contribution in [0.15, 0.2) is 0 Å². The Labute approximate surface area is 78.8 Å². The van der Waals surface area contributed by atoms with Gasteiger partial charge in [-0.25, -0.2) is 0 Å². The maximum Gasteiger partial charge on any atom is 0.668 e. The summed E-state index contributed by atoms with van der Waals surface area (Å²) in [6.07, 6.45) is 0. The first-order valence-electron chi connectivity index (χ1n) is 0.894. The third-order valence-electron chi connectivity index (χ3n) is 0. The fourth-order valence-corrected chi connectivity index (χ4v) is 0. The quantitative estimate of drug-likeness (QED) is 0.307. The molecule has 0 aliphatic rings. The highest BCUT2D eigenvalue weighted by atomic mass is 28.4. The second kappa shape index (κ2) is 53.5. The molecule has 0 fully saturated rings. The van der Waals surface area contributed by atoms with Crippen LogP contribution < -0.4 is 0 Å². The zero-order valence-corrected chi connectivity index (χ0v) is 7.79. The second-order valence-electron chi connectivity index (χ2n) is 0.600. The highest BCUT2D eigenvalue weighted by Crippen LogP contribution is 1.67. The SMILES string of the molecule is O.O.O.O.O.O.O.O.O.O[Si](O)(O)O. The van der Waals surface area contributed by atoms with Crippen LogP contribution in [-0.4, -0.2) is 77.5 Å². The van der Waals surface area contributed by atoms with Gasteiger partial charge in [-0.05, 0) is 0 Å². The molecule has 0 aliphatic carbocycles. The largest absolute Gasteiger partial charge is 0.668 e. The third kappa shape index (κ3) is 14600. The van der Waals surface area contributed by atoms with Crippen molar-refractivity contribution in [1.82, 2.24) is 0 Å². The van der Waals surface area contributed by atoms with E-state index in [0.29, 0.717) is 0 Å². The summed E-state index contributed by atoms with van der Waals surface area (Å²) in [7, 11) is -4.61. The molecule has 0 radical (unpaired) electrons. The molecule has 104 valence electrons. The molecule has 14 heteroatoms. The third-order valence-corrected chi connectivity index (χ3v) is 0. The van der Waals surface area contributed by atoms with Gasteiger partial charge in [0.25, 0.3) is 0 Å². The molecule has 0 saturated heterocycles. The van der Waals surface area contributed by atoms with Gasteiger partial charge in [-0.15, -0.1) is 0 Å². The van der Waals surface area contributed by atoms with Crippen molar-refractivity contribution in [2.75, 3.05) is 0 Å². The van der Waals surface area contributed by atoms with Crippen LogP contribution in [0.5, 0.6) is 0 Å². The lowest BCUT2D eigenvalue weighted by Crippen LogP contribution is -2.33. The predicted octanol–water partition coefficient (Wildman–Crippen LogP) is -10.0. The van der Waals surface area contributed by atoms with Gasteiger partial charge < -0.3 is 68.5 Å². The zero-order chi connectivity index (χ0) is 4.50. The molecular formula is H22O13Si. The Morgan fingerprint density at radius 2 is 0.357 bits per heavy atom. The van der Waals surface area contributed by atoms with Crippen molar-refractivity contribution in [3.8, 4) is 0 Å². The standard InChI is InChI=1S/H4O4Si.9H2O/c1-5(2,3)4;;;;;;;;;/h1-4H;9*1H2.